The maximum absolute atomic E-state index is 11.7. The zero-order valence-electron chi connectivity index (χ0n) is 11.0. The Morgan fingerprint density at radius 2 is 2.33 bits per heavy atom. The second-order valence-electron chi connectivity index (χ2n) is 5.57. The van der Waals surface area contributed by atoms with Crippen LogP contribution >= 0.6 is 0 Å². The first kappa shape index (κ1) is 13.1. The van der Waals surface area contributed by atoms with Crippen molar-refractivity contribution in [2.45, 2.75) is 32.8 Å². The minimum atomic E-state index is -0.369. The molecular formula is C15H20O3. The predicted octanol–water partition coefficient (Wildman–Crippen LogP) is 2.38. The normalized spacial score (nSPS) is 35.2. The number of esters is 1. The van der Waals surface area contributed by atoms with Crippen molar-refractivity contribution in [3.63, 3.8) is 0 Å². The Morgan fingerprint density at radius 3 is 2.83 bits per heavy atom. The summed E-state index contributed by atoms with van der Waals surface area (Å²) in [4.78, 5) is 11.7. The van der Waals surface area contributed by atoms with E-state index < -0.39 is 0 Å². The van der Waals surface area contributed by atoms with Crippen molar-refractivity contribution < 1.29 is 14.6 Å². The minimum Gasteiger partial charge on any atom is -0.454 e. The van der Waals surface area contributed by atoms with Crippen molar-refractivity contribution in [1.82, 2.24) is 0 Å². The molecule has 1 N–H and O–H groups in total. The molecular weight excluding hydrogens is 228 g/mol. The Bertz CT molecular complexity index is 447. The van der Waals surface area contributed by atoms with Crippen LogP contribution in [-0.4, -0.2) is 23.8 Å². The van der Waals surface area contributed by atoms with E-state index in [4.69, 9.17) is 4.74 Å². The molecule has 1 heterocycles. The molecule has 0 spiro atoms. The van der Waals surface area contributed by atoms with Gasteiger partial charge in [0.05, 0.1) is 12.2 Å². The molecule has 1 fully saturated rings. The number of carbonyl (C=O) groups excluding carboxylic acids is 1. The van der Waals surface area contributed by atoms with Gasteiger partial charge < -0.3 is 9.84 Å². The smallest absolute Gasteiger partial charge is 0.337 e. The van der Waals surface area contributed by atoms with Crippen molar-refractivity contribution in [2.75, 3.05) is 6.61 Å². The molecule has 0 aromatic heterocycles. The van der Waals surface area contributed by atoms with Crippen LogP contribution in [0.15, 0.2) is 36.0 Å². The zero-order chi connectivity index (χ0) is 13.5. The number of ether oxygens (including phenoxy) is 1. The Morgan fingerprint density at radius 1 is 1.67 bits per heavy atom. The highest BCUT2D eigenvalue weighted by Gasteiger charge is 2.46. The first-order valence-electron chi connectivity index (χ1n) is 6.25. The first-order valence-corrected chi connectivity index (χ1v) is 6.25. The fraction of sp³-hybridized carbons (Fsp3) is 0.533. The van der Waals surface area contributed by atoms with Gasteiger partial charge in [-0.25, -0.2) is 4.79 Å². The average Bonchev–Trinajstić information content (AvgIpc) is 2.61. The fourth-order valence-corrected chi connectivity index (χ4v) is 3.14. The summed E-state index contributed by atoms with van der Waals surface area (Å²) in [5, 5.41) is 9.29. The molecule has 2 rings (SSSR count). The monoisotopic (exact) mass is 248 g/mol. The second kappa shape index (κ2) is 4.39. The van der Waals surface area contributed by atoms with E-state index in [-0.39, 0.29) is 30.0 Å². The number of aliphatic hydroxyl groups excluding tert-OH is 1. The first-order chi connectivity index (χ1) is 8.42. The van der Waals surface area contributed by atoms with Gasteiger partial charge in [0.25, 0.3) is 0 Å². The van der Waals surface area contributed by atoms with Crippen LogP contribution in [0.4, 0.5) is 0 Å². The third-order valence-electron chi connectivity index (χ3n) is 4.34. The van der Waals surface area contributed by atoms with E-state index >= 15 is 0 Å². The summed E-state index contributed by atoms with van der Waals surface area (Å²) in [5.74, 6) is -0.122. The van der Waals surface area contributed by atoms with E-state index in [0.717, 1.165) is 24.0 Å². The quantitative estimate of drug-likeness (QED) is 0.616. The van der Waals surface area contributed by atoms with Gasteiger partial charge in [-0.3, -0.25) is 0 Å². The highest BCUT2D eigenvalue weighted by Crippen LogP contribution is 2.50. The molecule has 2 aliphatic rings. The molecule has 1 aliphatic carbocycles. The van der Waals surface area contributed by atoms with Crippen molar-refractivity contribution in [1.29, 1.82) is 0 Å². The maximum atomic E-state index is 11.7. The van der Waals surface area contributed by atoms with Gasteiger partial charge in [-0.1, -0.05) is 25.2 Å². The van der Waals surface area contributed by atoms with Crippen molar-refractivity contribution in [3.8, 4) is 0 Å². The van der Waals surface area contributed by atoms with Gasteiger partial charge in [-0.05, 0) is 36.7 Å². The van der Waals surface area contributed by atoms with Crippen LogP contribution in [0.3, 0.4) is 0 Å². The topological polar surface area (TPSA) is 46.5 Å². The average molecular weight is 248 g/mol. The summed E-state index contributed by atoms with van der Waals surface area (Å²) in [5.41, 5.74) is 2.37. The van der Waals surface area contributed by atoms with Crippen molar-refractivity contribution >= 4 is 5.97 Å². The highest BCUT2D eigenvalue weighted by atomic mass is 16.5. The van der Waals surface area contributed by atoms with Gasteiger partial charge in [-0.15, -0.1) is 6.58 Å². The fourth-order valence-electron chi connectivity index (χ4n) is 3.14. The summed E-state index contributed by atoms with van der Waals surface area (Å²) in [7, 11) is 0. The Balaban J connectivity index is 2.40. The molecule has 0 aromatic rings. The molecule has 18 heavy (non-hydrogen) atoms. The van der Waals surface area contributed by atoms with Gasteiger partial charge in [0.2, 0.25) is 0 Å². The third-order valence-corrected chi connectivity index (χ3v) is 4.34. The van der Waals surface area contributed by atoms with E-state index in [0.29, 0.717) is 5.57 Å². The van der Waals surface area contributed by atoms with Gasteiger partial charge in [-0.2, -0.15) is 0 Å². The number of rotatable bonds is 3. The van der Waals surface area contributed by atoms with Crippen molar-refractivity contribution in [2.24, 2.45) is 11.3 Å². The van der Waals surface area contributed by atoms with Crippen LogP contribution in [0.5, 0.6) is 0 Å². The SMILES string of the molecule is C=C[C@]1(C)C[C@@H]2OC(=O)C(CO)=C2C[C@@H]1C(=C)C. The second-order valence-corrected chi connectivity index (χ2v) is 5.57. The van der Waals surface area contributed by atoms with Crippen LogP contribution in [0.25, 0.3) is 0 Å². The van der Waals surface area contributed by atoms with Crippen LogP contribution in [0.1, 0.15) is 26.7 Å². The highest BCUT2D eigenvalue weighted by molar-refractivity contribution is 5.92. The summed E-state index contributed by atoms with van der Waals surface area (Å²) in [6, 6.07) is 0. The Labute approximate surface area is 108 Å². The van der Waals surface area contributed by atoms with E-state index in [9.17, 15) is 9.90 Å². The largest absolute Gasteiger partial charge is 0.454 e. The van der Waals surface area contributed by atoms with Crippen LogP contribution < -0.4 is 0 Å². The molecule has 0 bridgehead atoms. The standard InChI is InChI=1S/C15H20O3/c1-5-15(4)7-13-10(6-12(15)9(2)3)11(8-16)14(17)18-13/h5,12-13,16H,1-2,6-8H2,3-4H3/t12-,13+,15-/m1/s1. The summed E-state index contributed by atoms with van der Waals surface area (Å²) in [6.07, 6.45) is 3.19. The van der Waals surface area contributed by atoms with E-state index in [2.05, 4.69) is 20.1 Å². The lowest BCUT2D eigenvalue weighted by atomic mass is 9.63. The van der Waals surface area contributed by atoms with Gasteiger partial charge in [0.1, 0.15) is 6.10 Å². The number of aliphatic hydroxyl groups is 1. The maximum Gasteiger partial charge on any atom is 0.337 e. The summed E-state index contributed by atoms with van der Waals surface area (Å²) < 4.78 is 5.34. The number of allylic oxidation sites excluding steroid dienone is 2. The molecule has 98 valence electrons. The molecule has 0 aromatic carbocycles. The van der Waals surface area contributed by atoms with Crippen LogP contribution in [0, 0.1) is 11.3 Å². The van der Waals surface area contributed by atoms with E-state index in [1.54, 1.807) is 0 Å². The molecule has 0 radical (unpaired) electrons. The Hall–Kier alpha value is -1.35. The van der Waals surface area contributed by atoms with Gasteiger partial charge in [0.15, 0.2) is 0 Å². The van der Waals surface area contributed by atoms with Crippen LogP contribution in [-0.2, 0) is 9.53 Å². The number of hydrogen-bond donors (Lipinski definition) is 1. The van der Waals surface area contributed by atoms with Gasteiger partial charge >= 0.3 is 5.97 Å². The van der Waals surface area contributed by atoms with Crippen LogP contribution in [0.2, 0.25) is 0 Å². The van der Waals surface area contributed by atoms with Gasteiger partial charge in [0, 0.05) is 0 Å². The predicted molar refractivity (Wildman–Crippen MR) is 69.8 cm³/mol. The molecule has 0 amide bonds. The molecule has 0 saturated heterocycles. The number of carbonyl (C=O) groups is 1. The van der Waals surface area contributed by atoms with Crippen molar-refractivity contribution in [3.05, 3.63) is 36.0 Å². The lowest BCUT2D eigenvalue weighted by Crippen LogP contribution is -2.37. The zero-order valence-corrected chi connectivity index (χ0v) is 11.0. The minimum absolute atomic E-state index is 0.106. The number of fused-ring (bicyclic) bond motifs is 1. The number of hydrogen-bond acceptors (Lipinski definition) is 3. The molecule has 3 heteroatoms. The lowest BCUT2D eigenvalue weighted by molar-refractivity contribution is -0.141. The molecule has 3 atom stereocenters. The molecule has 1 aliphatic heterocycles. The third kappa shape index (κ3) is 1.83. The molecule has 0 unspecified atom stereocenters. The summed E-state index contributed by atoms with van der Waals surface area (Å²) >= 11 is 0. The lowest BCUT2D eigenvalue weighted by Gasteiger charge is -2.42. The summed E-state index contributed by atoms with van der Waals surface area (Å²) in [6.45, 7) is 11.9. The Kier molecular flexibility index (Phi) is 3.20. The molecule has 3 nitrogen and oxygen atoms in total. The molecule has 1 saturated carbocycles. The van der Waals surface area contributed by atoms with E-state index in [1.165, 1.54) is 0 Å². The van der Waals surface area contributed by atoms with E-state index in [1.807, 2.05) is 13.0 Å².